The Labute approximate surface area is 158 Å². The number of fused-ring (bicyclic) bond motifs is 1. The molecule has 0 unspecified atom stereocenters. The first-order valence-corrected chi connectivity index (χ1v) is 9.68. The van der Waals surface area contributed by atoms with Gasteiger partial charge in [0.05, 0.1) is 17.2 Å². The lowest BCUT2D eigenvalue weighted by atomic mass is 9.75. The Morgan fingerprint density at radius 2 is 2.23 bits per heavy atom. The van der Waals surface area contributed by atoms with Crippen molar-refractivity contribution in [2.24, 2.45) is 11.8 Å². The number of halogens is 1. The highest BCUT2D eigenvalue weighted by atomic mass is 35.5. The molecule has 0 aliphatic heterocycles. The van der Waals surface area contributed by atoms with Crippen LogP contribution >= 0.6 is 11.6 Å². The molecule has 2 aromatic rings. The monoisotopic (exact) mass is 377 g/mol. The Kier molecular flexibility index (Phi) is 6.27. The van der Waals surface area contributed by atoms with Crippen LogP contribution in [0, 0.1) is 11.8 Å². The molecule has 1 amide bonds. The van der Waals surface area contributed by atoms with Gasteiger partial charge in [0.2, 0.25) is 5.91 Å². The number of rotatable bonds is 7. The number of furan rings is 1. The van der Waals surface area contributed by atoms with Gasteiger partial charge in [0.15, 0.2) is 5.58 Å². The van der Waals surface area contributed by atoms with E-state index in [4.69, 9.17) is 16.0 Å². The van der Waals surface area contributed by atoms with E-state index in [0.717, 1.165) is 43.1 Å². The summed E-state index contributed by atoms with van der Waals surface area (Å²) in [6, 6.07) is 5.43. The molecule has 3 atom stereocenters. The van der Waals surface area contributed by atoms with Gasteiger partial charge in [-0.15, -0.1) is 0 Å². The van der Waals surface area contributed by atoms with Crippen molar-refractivity contribution in [3.8, 4) is 0 Å². The molecule has 1 aromatic heterocycles. The third-order valence-corrected chi connectivity index (χ3v) is 5.67. The van der Waals surface area contributed by atoms with Crippen LogP contribution in [0.2, 0.25) is 5.02 Å². The van der Waals surface area contributed by atoms with Crippen LogP contribution in [0.15, 0.2) is 28.9 Å². The van der Waals surface area contributed by atoms with Gasteiger partial charge in [-0.05, 0) is 43.2 Å². The van der Waals surface area contributed by atoms with E-state index < -0.39 is 13.1 Å². The maximum absolute atomic E-state index is 12.6. The summed E-state index contributed by atoms with van der Waals surface area (Å²) in [7, 11) is -1.64. The number of amides is 1. The van der Waals surface area contributed by atoms with Crippen molar-refractivity contribution in [3.05, 3.63) is 35.0 Å². The zero-order valence-corrected chi connectivity index (χ0v) is 15.7. The van der Waals surface area contributed by atoms with Crippen molar-refractivity contribution >= 4 is 35.6 Å². The summed E-state index contributed by atoms with van der Waals surface area (Å²) in [6.45, 7) is 2.16. The predicted molar refractivity (Wildman–Crippen MR) is 103 cm³/mol. The first-order valence-electron chi connectivity index (χ1n) is 9.30. The summed E-state index contributed by atoms with van der Waals surface area (Å²) in [5, 5.41) is 23.7. The predicted octanol–water partition coefficient (Wildman–Crippen LogP) is 3.34. The Hall–Kier alpha value is -1.50. The number of hydrogen-bond acceptors (Lipinski definition) is 4. The van der Waals surface area contributed by atoms with Crippen LogP contribution in [-0.2, 0) is 11.2 Å². The van der Waals surface area contributed by atoms with Crippen LogP contribution in [-0.4, -0.2) is 29.0 Å². The quantitative estimate of drug-likeness (QED) is 0.646. The molecule has 1 saturated carbocycles. The second kappa shape index (κ2) is 8.46. The largest absolute Gasteiger partial charge is 0.475 e. The van der Waals surface area contributed by atoms with E-state index in [2.05, 4.69) is 12.2 Å². The third kappa shape index (κ3) is 4.25. The molecular formula is C19H25BClNO4. The molecule has 3 rings (SSSR count). The van der Waals surface area contributed by atoms with E-state index in [1.807, 2.05) is 12.1 Å². The van der Waals surface area contributed by atoms with Crippen LogP contribution in [0.1, 0.15) is 44.6 Å². The number of para-hydroxylation sites is 1. The minimum Gasteiger partial charge on any atom is -0.462 e. The molecule has 7 heteroatoms. The fraction of sp³-hybridized carbons (Fsp3) is 0.526. The average Bonchev–Trinajstić information content (AvgIpc) is 3.23. The minimum absolute atomic E-state index is 0.0386. The van der Waals surface area contributed by atoms with Crippen LogP contribution in [0.5, 0.6) is 0 Å². The molecule has 1 aromatic carbocycles. The zero-order valence-electron chi connectivity index (χ0n) is 15.0. The van der Waals surface area contributed by atoms with Gasteiger partial charge in [0.1, 0.15) is 0 Å². The SMILES string of the molecule is CCC[C@H]1CC[C@H](C(=O)N[C@@H](Cc2coc3c(Cl)cccc23)B(O)O)C1. The highest BCUT2D eigenvalue weighted by molar-refractivity contribution is 6.43. The first kappa shape index (κ1) is 19.3. The molecule has 1 heterocycles. The molecule has 1 fully saturated rings. The van der Waals surface area contributed by atoms with Crippen LogP contribution in [0.4, 0.5) is 0 Å². The minimum atomic E-state index is -1.64. The van der Waals surface area contributed by atoms with Gasteiger partial charge in [-0.1, -0.05) is 43.5 Å². The van der Waals surface area contributed by atoms with Crippen molar-refractivity contribution in [2.75, 3.05) is 0 Å². The molecule has 3 N–H and O–H groups in total. The Morgan fingerprint density at radius 3 is 2.96 bits per heavy atom. The van der Waals surface area contributed by atoms with Crippen molar-refractivity contribution in [1.82, 2.24) is 5.32 Å². The molecule has 5 nitrogen and oxygen atoms in total. The molecule has 0 bridgehead atoms. The van der Waals surface area contributed by atoms with Gasteiger partial charge in [-0.25, -0.2) is 0 Å². The Balaban J connectivity index is 1.67. The summed E-state index contributed by atoms with van der Waals surface area (Å²) in [5.41, 5.74) is 1.36. The molecule has 0 spiro atoms. The smallest absolute Gasteiger partial charge is 0.462 e. The molecule has 140 valence electrons. The highest BCUT2D eigenvalue weighted by Gasteiger charge is 2.33. The van der Waals surface area contributed by atoms with Gasteiger partial charge in [0, 0.05) is 11.3 Å². The number of hydrogen-bond donors (Lipinski definition) is 3. The fourth-order valence-corrected chi connectivity index (χ4v) is 4.20. The molecule has 0 radical (unpaired) electrons. The zero-order chi connectivity index (χ0) is 18.7. The molecule has 1 aliphatic carbocycles. The summed E-state index contributed by atoms with van der Waals surface area (Å²) in [4.78, 5) is 12.6. The number of carbonyl (C=O) groups excluding carboxylic acids is 1. The van der Waals surface area contributed by atoms with E-state index in [1.165, 1.54) is 0 Å². The number of nitrogens with one attached hydrogen (secondary N) is 1. The third-order valence-electron chi connectivity index (χ3n) is 5.37. The summed E-state index contributed by atoms with van der Waals surface area (Å²) >= 11 is 6.12. The van der Waals surface area contributed by atoms with Crippen molar-refractivity contribution in [2.45, 2.75) is 51.4 Å². The Morgan fingerprint density at radius 1 is 1.42 bits per heavy atom. The van der Waals surface area contributed by atoms with Gasteiger partial charge in [-0.3, -0.25) is 4.79 Å². The molecule has 0 saturated heterocycles. The molecule has 1 aliphatic rings. The molecular weight excluding hydrogens is 352 g/mol. The number of benzene rings is 1. The fourth-order valence-electron chi connectivity index (χ4n) is 3.99. The van der Waals surface area contributed by atoms with Gasteiger partial charge in [0.25, 0.3) is 0 Å². The second-order valence-electron chi connectivity index (χ2n) is 7.27. The second-order valence-corrected chi connectivity index (χ2v) is 7.68. The van der Waals surface area contributed by atoms with E-state index in [0.29, 0.717) is 16.5 Å². The van der Waals surface area contributed by atoms with Gasteiger partial charge in [-0.2, -0.15) is 0 Å². The van der Waals surface area contributed by atoms with Crippen LogP contribution in [0.3, 0.4) is 0 Å². The average molecular weight is 378 g/mol. The normalized spacial score (nSPS) is 21.1. The Bertz CT molecular complexity index is 763. The van der Waals surface area contributed by atoms with Gasteiger partial charge >= 0.3 is 7.12 Å². The first-order chi connectivity index (χ1) is 12.5. The maximum atomic E-state index is 12.6. The van der Waals surface area contributed by atoms with E-state index in [-0.39, 0.29) is 18.2 Å². The van der Waals surface area contributed by atoms with Gasteiger partial charge < -0.3 is 19.8 Å². The summed E-state index contributed by atoms with van der Waals surface area (Å²) in [5.74, 6) is -0.309. The lowest BCUT2D eigenvalue weighted by molar-refractivity contribution is -0.125. The van der Waals surface area contributed by atoms with E-state index in [9.17, 15) is 14.8 Å². The highest BCUT2D eigenvalue weighted by Crippen LogP contribution is 2.34. The summed E-state index contributed by atoms with van der Waals surface area (Å²) in [6.07, 6.45) is 6.94. The van der Waals surface area contributed by atoms with Crippen molar-refractivity contribution in [1.29, 1.82) is 0 Å². The lowest BCUT2D eigenvalue weighted by Crippen LogP contribution is -2.49. The van der Waals surface area contributed by atoms with E-state index >= 15 is 0 Å². The molecule has 26 heavy (non-hydrogen) atoms. The lowest BCUT2D eigenvalue weighted by Gasteiger charge is -2.20. The van der Waals surface area contributed by atoms with Crippen molar-refractivity contribution < 1.29 is 19.3 Å². The standard InChI is InChI=1S/C19H25BClNO4/c1-2-4-12-7-8-13(9-12)19(23)22-17(20(24)25)10-14-11-26-18-15(14)5-3-6-16(18)21/h3,5-6,11-13,17,24-25H,2,4,7-10H2,1H3,(H,22,23)/t12-,13-,17-/m0/s1. The topological polar surface area (TPSA) is 82.7 Å². The maximum Gasteiger partial charge on any atom is 0.475 e. The number of carbonyl (C=O) groups is 1. The van der Waals surface area contributed by atoms with Crippen LogP contribution < -0.4 is 5.32 Å². The van der Waals surface area contributed by atoms with Crippen molar-refractivity contribution in [3.63, 3.8) is 0 Å². The van der Waals surface area contributed by atoms with Crippen LogP contribution in [0.25, 0.3) is 11.0 Å². The summed E-state index contributed by atoms with van der Waals surface area (Å²) < 4.78 is 5.50. The van der Waals surface area contributed by atoms with E-state index in [1.54, 1.807) is 12.3 Å².